The van der Waals surface area contributed by atoms with E-state index in [1.807, 2.05) is 19.9 Å². The molecule has 0 atom stereocenters. The summed E-state index contributed by atoms with van der Waals surface area (Å²) < 4.78 is 20.9. The number of carbonyl (C=O) groups excluding carboxylic acids is 4. The second-order valence-electron chi connectivity index (χ2n) is 7.59. The van der Waals surface area contributed by atoms with Crippen molar-refractivity contribution in [2.45, 2.75) is 54.4 Å². The first-order valence-electron chi connectivity index (χ1n) is 10.7. The van der Waals surface area contributed by atoms with Crippen LogP contribution in [0.4, 0.5) is 0 Å². The molecule has 1 saturated carbocycles. The molecular formula is C23H34O8. The van der Waals surface area contributed by atoms with Gasteiger partial charge in [-0.25, -0.2) is 0 Å². The lowest BCUT2D eigenvalue weighted by Gasteiger charge is -2.47. The molecule has 0 saturated heterocycles. The Labute approximate surface area is 183 Å². The minimum atomic E-state index is -2.32. The van der Waals surface area contributed by atoms with Crippen LogP contribution >= 0.6 is 0 Å². The fourth-order valence-corrected chi connectivity index (χ4v) is 3.89. The summed E-state index contributed by atoms with van der Waals surface area (Å²) in [7, 11) is 0. The summed E-state index contributed by atoms with van der Waals surface area (Å²) in [6, 6.07) is 0. The van der Waals surface area contributed by atoms with Crippen molar-refractivity contribution in [3.8, 4) is 0 Å². The molecule has 0 spiro atoms. The minimum Gasteiger partial charge on any atom is -0.465 e. The number of esters is 4. The topological polar surface area (TPSA) is 105 Å². The van der Waals surface area contributed by atoms with Gasteiger partial charge in [-0.2, -0.15) is 0 Å². The molecule has 0 radical (unpaired) electrons. The van der Waals surface area contributed by atoms with Gasteiger partial charge in [0.25, 0.3) is 0 Å². The van der Waals surface area contributed by atoms with Crippen molar-refractivity contribution < 1.29 is 38.1 Å². The van der Waals surface area contributed by atoms with Gasteiger partial charge in [0.05, 0.1) is 26.4 Å². The van der Waals surface area contributed by atoms with E-state index >= 15 is 0 Å². The standard InChI is InChI=1S/C23H34O8/c1-8-28-18(24)22(19(25)29-9-2)13-16(7)17(12-15(5)6)14-23(22,20(26)30-10-3)21(27)31-11-4/h12,15H,7-11,13-14H2,1-6H3/b17-12+. The van der Waals surface area contributed by atoms with E-state index in [-0.39, 0.29) is 45.2 Å². The Balaban J connectivity index is 4.02. The highest BCUT2D eigenvalue weighted by molar-refractivity contribution is 6.15. The smallest absolute Gasteiger partial charge is 0.325 e. The van der Waals surface area contributed by atoms with Crippen LogP contribution in [0.25, 0.3) is 0 Å². The van der Waals surface area contributed by atoms with E-state index in [0.29, 0.717) is 11.1 Å². The lowest BCUT2D eigenvalue weighted by atomic mass is 9.53. The maximum absolute atomic E-state index is 13.4. The number of hydrogen-bond acceptors (Lipinski definition) is 8. The SMILES string of the molecule is C=C1CC(C(=O)OCC)(C(=O)OCC)C(C(=O)OCC)(C(=O)OCC)C/C1=C\C(C)C. The highest BCUT2D eigenvalue weighted by atomic mass is 16.6. The zero-order valence-corrected chi connectivity index (χ0v) is 19.4. The Morgan fingerprint density at radius 3 is 1.39 bits per heavy atom. The second kappa shape index (κ2) is 11.1. The molecule has 0 bridgehead atoms. The monoisotopic (exact) mass is 438 g/mol. The number of ether oxygens (including phenoxy) is 4. The molecule has 0 aromatic heterocycles. The molecule has 1 aliphatic carbocycles. The molecule has 31 heavy (non-hydrogen) atoms. The molecular weight excluding hydrogens is 404 g/mol. The van der Waals surface area contributed by atoms with Crippen molar-refractivity contribution in [3.63, 3.8) is 0 Å². The van der Waals surface area contributed by atoms with Crippen LogP contribution in [0.1, 0.15) is 54.4 Å². The third-order valence-corrected chi connectivity index (χ3v) is 5.15. The van der Waals surface area contributed by atoms with Crippen LogP contribution in [-0.4, -0.2) is 50.3 Å². The molecule has 0 N–H and O–H groups in total. The average Bonchev–Trinajstić information content (AvgIpc) is 2.69. The highest BCUT2D eigenvalue weighted by Crippen LogP contribution is 2.57. The van der Waals surface area contributed by atoms with Gasteiger partial charge in [-0.15, -0.1) is 0 Å². The fourth-order valence-electron chi connectivity index (χ4n) is 3.89. The number of hydrogen-bond donors (Lipinski definition) is 0. The molecule has 0 heterocycles. The van der Waals surface area contributed by atoms with Crippen LogP contribution in [0.5, 0.6) is 0 Å². The predicted molar refractivity (Wildman–Crippen MR) is 113 cm³/mol. The summed E-state index contributed by atoms with van der Waals surface area (Å²) in [5.41, 5.74) is -3.60. The van der Waals surface area contributed by atoms with Crippen LogP contribution in [-0.2, 0) is 38.1 Å². The zero-order chi connectivity index (χ0) is 23.8. The molecule has 1 aliphatic rings. The van der Waals surface area contributed by atoms with Crippen molar-refractivity contribution >= 4 is 23.9 Å². The van der Waals surface area contributed by atoms with Crippen LogP contribution < -0.4 is 0 Å². The van der Waals surface area contributed by atoms with Crippen LogP contribution in [0.3, 0.4) is 0 Å². The van der Waals surface area contributed by atoms with Crippen molar-refractivity contribution in [2.24, 2.45) is 16.7 Å². The average molecular weight is 439 g/mol. The van der Waals surface area contributed by atoms with Gasteiger partial charge in [0, 0.05) is 12.8 Å². The molecule has 8 heteroatoms. The summed E-state index contributed by atoms with van der Waals surface area (Å²) >= 11 is 0. The van der Waals surface area contributed by atoms with E-state index in [2.05, 4.69) is 6.58 Å². The van der Waals surface area contributed by atoms with Crippen molar-refractivity contribution in [1.82, 2.24) is 0 Å². The van der Waals surface area contributed by atoms with Gasteiger partial charge in [0.15, 0.2) is 10.8 Å². The van der Waals surface area contributed by atoms with Gasteiger partial charge in [-0.1, -0.05) is 32.1 Å². The summed E-state index contributed by atoms with van der Waals surface area (Å²) in [4.78, 5) is 53.5. The molecule has 0 unspecified atom stereocenters. The third kappa shape index (κ3) is 4.83. The summed E-state index contributed by atoms with van der Waals surface area (Å²) in [5.74, 6) is -4.08. The Morgan fingerprint density at radius 2 is 1.10 bits per heavy atom. The van der Waals surface area contributed by atoms with Gasteiger partial charge < -0.3 is 18.9 Å². The normalized spacial score (nSPS) is 18.4. The Bertz CT molecular complexity index is 711. The van der Waals surface area contributed by atoms with E-state index in [4.69, 9.17) is 18.9 Å². The van der Waals surface area contributed by atoms with E-state index in [1.54, 1.807) is 27.7 Å². The molecule has 0 aromatic rings. The quantitative estimate of drug-likeness (QED) is 0.307. The van der Waals surface area contributed by atoms with Gasteiger partial charge in [-0.3, -0.25) is 19.2 Å². The van der Waals surface area contributed by atoms with E-state index in [0.717, 1.165) is 0 Å². The van der Waals surface area contributed by atoms with Crippen LogP contribution in [0, 0.1) is 16.7 Å². The molecule has 1 rings (SSSR count). The van der Waals surface area contributed by atoms with E-state index in [1.165, 1.54) is 0 Å². The minimum absolute atomic E-state index is 0.0616. The molecule has 0 amide bonds. The van der Waals surface area contributed by atoms with Gasteiger partial charge in [0.2, 0.25) is 0 Å². The summed E-state index contributed by atoms with van der Waals surface area (Å²) in [5, 5.41) is 0. The van der Waals surface area contributed by atoms with E-state index < -0.39 is 34.7 Å². The highest BCUT2D eigenvalue weighted by Gasteiger charge is 2.75. The maximum Gasteiger partial charge on any atom is 0.325 e. The van der Waals surface area contributed by atoms with Crippen molar-refractivity contribution in [2.75, 3.05) is 26.4 Å². The molecule has 174 valence electrons. The zero-order valence-electron chi connectivity index (χ0n) is 19.4. The summed E-state index contributed by atoms with van der Waals surface area (Å²) in [6.07, 6.45) is 1.22. The first kappa shape index (κ1) is 26.4. The van der Waals surface area contributed by atoms with Crippen molar-refractivity contribution in [3.05, 3.63) is 23.8 Å². The fraction of sp³-hybridized carbons (Fsp3) is 0.652. The lowest BCUT2D eigenvalue weighted by Crippen LogP contribution is -2.64. The molecule has 8 nitrogen and oxygen atoms in total. The Kier molecular flexibility index (Phi) is 9.46. The molecule has 0 aromatic carbocycles. The third-order valence-electron chi connectivity index (χ3n) is 5.15. The number of allylic oxidation sites excluding steroid dienone is 3. The predicted octanol–water partition coefficient (Wildman–Crippen LogP) is 3.14. The van der Waals surface area contributed by atoms with E-state index in [9.17, 15) is 19.2 Å². The molecule has 0 aliphatic heterocycles. The Morgan fingerprint density at radius 1 is 0.774 bits per heavy atom. The largest absolute Gasteiger partial charge is 0.465 e. The first-order valence-corrected chi connectivity index (χ1v) is 10.7. The van der Waals surface area contributed by atoms with Gasteiger partial charge >= 0.3 is 23.9 Å². The van der Waals surface area contributed by atoms with Gasteiger partial charge in [0.1, 0.15) is 0 Å². The van der Waals surface area contributed by atoms with Gasteiger partial charge in [-0.05, 0) is 39.2 Å². The second-order valence-corrected chi connectivity index (χ2v) is 7.59. The Hall–Kier alpha value is -2.64. The van der Waals surface area contributed by atoms with Crippen LogP contribution in [0.15, 0.2) is 23.8 Å². The van der Waals surface area contributed by atoms with Crippen LogP contribution in [0.2, 0.25) is 0 Å². The maximum atomic E-state index is 13.4. The first-order chi connectivity index (χ1) is 14.6. The summed E-state index contributed by atoms with van der Waals surface area (Å²) in [6.45, 7) is 13.9. The molecule has 1 fully saturated rings. The number of rotatable bonds is 9. The number of carbonyl (C=O) groups is 4. The lowest BCUT2D eigenvalue weighted by molar-refractivity contribution is -0.204. The van der Waals surface area contributed by atoms with Crippen molar-refractivity contribution in [1.29, 1.82) is 0 Å².